The molecule has 0 aliphatic carbocycles. The first-order chi connectivity index (χ1) is 7.08. The number of ether oxygens (including phenoxy) is 1. The number of hydrogen-bond acceptors (Lipinski definition) is 3. The first kappa shape index (κ1) is 12.0. The molecule has 0 spiro atoms. The average molecular weight is 247 g/mol. The van der Waals surface area contributed by atoms with Gasteiger partial charge in [-0.05, 0) is 17.7 Å². The lowest BCUT2D eigenvalue weighted by molar-refractivity contribution is -0.139. The van der Waals surface area contributed by atoms with Crippen LogP contribution in [0.1, 0.15) is 15.9 Å². The van der Waals surface area contributed by atoms with E-state index in [0.717, 1.165) is 0 Å². The van der Waals surface area contributed by atoms with E-state index in [1.807, 2.05) is 0 Å². The molecule has 3 nitrogen and oxygen atoms in total. The van der Waals surface area contributed by atoms with Crippen molar-refractivity contribution in [2.24, 2.45) is 0 Å². The lowest BCUT2D eigenvalue weighted by Gasteiger charge is -2.05. The fourth-order valence-electron chi connectivity index (χ4n) is 1.09. The molecule has 0 saturated heterocycles. The smallest absolute Gasteiger partial charge is 0.310 e. The van der Waals surface area contributed by atoms with E-state index >= 15 is 0 Å². The van der Waals surface area contributed by atoms with Crippen molar-refractivity contribution in [1.82, 2.24) is 0 Å². The highest BCUT2D eigenvalue weighted by molar-refractivity contribution is 6.42. The number of halogens is 2. The molecule has 80 valence electrons. The second-order valence-electron chi connectivity index (χ2n) is 2.85. The summed E-state index contributed by atoms with van der Waals surface area (Å²) in [7, 11) is 1.28. The maximum absolute atomic E-state index is 11.0. The van der Waals surface area contributed by atoms with Crippen molar-refractivity contribution >= 4 is 35.5 Å². The third-order valence-corrected chi connectivity index (χ3v) is 2.67. The van der Waals surface area contributed by atoms with Crippen LogP contribution in [0, 0.1) is 0 Å². The molecule has 1 aromatic rings. The third-order valence-electron chi connectivity index (χ3n) is 1.82. The van der Waals surface area contributed by atoms with Gasteiger partial charge in [0.05, 0.1) is 23.6 Å². The van der Waals surface area contributed by atoms with E-state index in [1.165, 1.54) is 19.2 Å². The molecule has 0 fully saturated rings. The minimum absolute atomic E-state index is 0.00324. The van der Waals surface area contributed by atoms with Gasteiger partial charge in [0.1, 0.15) is 6.29 Å². The maximum Gasteiger partial charge on any atom is 0.310 e. The number of esters is 1. The molecule has 0 atom stereocenters. The monoisotopic (exact) mass is 246 g/mol. The van der Waals surface area contributed by atoms with Gasteiger partial charge in [-0.1, -0.05) is 23.2 Å². The van der Waals surface area contributed by atoms with Crippen LogP contribution in [0.2, 0.25) is 10.0 Å². The Balaban J connectivity index is 3.10. The number of aldehydes is 1. The third kappa shape index (κ3) is 2.94. The van der Waals surface area contributed by atoms with Gasteiger partial charge in [-0.15, -0.1) is 0 Å². The molecule has 5 heteroatoms. The van der Waals surface area contributed by atoms with Crippen LogP contribution in [0.5, 0.6) is 0 Å². The van der Waals surface area contributed by atoms with Crippen molar-refractivity contribution in [3.05, 3.63) is 33.3 Å². The highest BCUT2D eigenvalue weighted by Crippen LogP contribution is 2.27. The number of benzene rings is 1. The largest absolute Gasteiger partial charge is 0.469 e. The van der Waals surface area contributed by atoms with Crippen LogP contribution in [0.3, 0.4) is 0 Å². The second kappa shape index (κ2) is 5.14. The molecule has 1 aromatic carbocycles. The molecule has 1 rings (SSSR count). The summed E-state index contributed by atoms with van der Waals surface area (Å²) in [6.45, 7) is 0. The standard InChI is InChI=1S/C10H8Cl2O3/c1-15-9(14)4-7-2-6(5-13)3-8(11)10(7)12/h2-3,5H,4H2,1H3. The van der Waals surface area contributed by atoms with Gasteiger partial charge >= 0.3 is 5.97 Å². The summed E-state index contributed by atoms with van der Waals surface area (Å²) in [5.41, 5.74) is 0.862. The first-order valence-corrected chi connectivity index (χ1v) is 4.84. The van der Waals surface area contributed by atoms with Crippen molar-refractivity contribution in [2.75, 3.05) is 7.11 Å². The van der Waals surface area contributed by atoms with E-state index in [2.05, 4.69) is 4.74 Å². The zero-order valence-corrected chi connectivity index (χ0v) is 9.43. The van der Waals surface area contributed by atoms with Crippen LogP contribution < -0.4 is 0 Å². The molecule has 0 unspecified atom stereocenters. The minimum Gasteiger partial charge on any atom is -0.469 e. The van der Waals surface area contributed by atoms with E-state index < -0.39 is 5.97 Å². The number of hydrogen-bond donors (Lipinski definition) is 0. The van der Waals surface area contributed by atoms with Crippen molar-refractivity contribution in [3.63, 3.8) is 0 Å². The zero-order chi connectivity index (χ0) is 11.4. The first-order valence-electron chi connectivity index (χ1n) is 4.08. The summed E-state index contributed by atoms with van der Waals surface area (Å²) >= 11 is 11.6. The Hall–Kier alpha value is -1.06. The fraction of sp³-hybridized carbons (Fsp3) is 0.200. The van der Waals surface area contributed by atoms with Crippen molar-refractivity contribution in [1.29, 1.82) is 0 Å². The Morgan fingerprint density at radius 3 is 2.67 bits per heavy atom. The number of carbonyl (C=O) groups excluding carboxylic acids is 2. The Kier molecular flexibility index (Phi) is 4.12. The van der Waals surface area contributed by atoms with Crippen LogP contribution in [-0.4, -0.2) is 19.4 Å². The Bertz CT molecular complexity index is 402. The lowest BCUT2D eigenvalue weighted by atomic mass is 10.1. The van der Waals surface area contributed by atoms with Crippen LogP contribution in [-0.2, 0) is 16.0 Å². The maximum atomic E-state index is 11.0. The number of carbonyl (C=O) groups is 2. The summed E-state index contributed by atoms with van der Waals surface area (Å²) in [5, 5.41) is 0.521. The molecule has 0 aromatic heterocycles. The van der Waals surface area contributed by atoms with Gasteiger partial charge in [0, 0.05) is 5.56 Å². The Labute approximate surface area is 96.9 Å². The summed E-state index contributed by atoms with van der Waals surface area (Å²) in [5.74, 6) is -0.434. The summed E-state index contributed by atoms with van der Waals surface area (Å²) in [4.78, 5) is 21.6. The Morgan fingerprint density at radius 1 is 1.47 bits per heavy atom. The highest BCUT2D eigenvalue weighted by atomic mass is 35.5. The van der Waals surface area contributed by atoms with Gasteiger partial charge in [-0.25, -0.2) is 0 Å². The molecule has 0 aliphatic heterocycles. The van der Waals surface area contributed by atoms with Gasteiger partial charge in [-0.2, -0.15) is 0 Å². The minimum atomic E-state index is -0.434. The number of rotatable bonds is 3. The molecule has 0 bridgehead atoms. The fourth-order valence-corrected chi connectivity index (χ4v) is 1.52. The van der Waals surface area contributed by atoms with E-state index in [-0.39, 0.29) is 16.5 Å². The predicted molar refractivity (Wildman–Crippen MR) is 57.6 cm³/mol. The molecular weight excluding hydrogens is 239 g/mol. The van der Waals surface area contributed by atoms with Gasteiger partial charge in [-0.3, -0.25) is 9.59 Å². The molecular formula is C10H8Cl2O3. The topological polar surface area (TPSA) is 43.4 Å². The zero-order valence-electron chi connectivity index (χ0n) is 7.92. The van der Waals surface area contributed by atoms with Crippen LogP contribution in [0.25, 0.3) is 0 Å². The van der Waals surface area contributed by atoms with Gasteiger partial charge in [0.2, 0.25) is 0 Å². The molecule has 0 saturated carbocycles. The Morgan fingerprint density at radius 2 is 2.13 bits per heavy atom. The van der Waals surface area contributed by atoms with E-state index in [1.54, 1.807) is 0 Å². The van der Waals surface area contributed by atoms with E-state index in [4.69, 9.17) is 23.2 Å². The molecule has 0 N–H and O–H groups in total. The van der Waals surface area contributed by atoms with Gasteiger partial charge in [0.15, 0.2) is 0 Å². The summed E-state index contributed by atoms with van der Waals surface area (Å²) in [6, 6.07) is 2.95. The van der Waals surface area contributed by atoms with Crippen LogP contribution in [0.15, 0.2) is 12.1 Å². The highest BCUT2D eigenvalue weighted by Gasteiger charge is 2.11. The predicted octanol–water partition coefficient (Wildman–Crippen LogP) is 2.52. The number of methoxy groups -OCH3 is 1. The van der Waals surface area contributed by atoms with Crippen molar-refractivity contribution < 1.29 is 14.3 Å². The molecule has 15 heavy (non-hydrogen) atoms. The molecule has 0 aliphatic rings. The molecule has 0 heterocycles. The van der Waals surface area contributed by atoms with E-state index in [9.17, 15) is 9.59 Å². The SMILES string of the molecule is COC(=O)Cc1cc(C=O)cc(Cl)c1Cl. The van der Waals surface area contributed by atoms with Crippen LogP contribution >= 0.6 is 23.2 Å². The van der Waals surface area contributed by atoms with Crippen molar-refractivity contribution in [2.45, 2.75) is 6.42 Å². The molecule has 0 amide bonds. The normalized spacial score (nSPS) is 9.80. The average Bonchev–Trinajstić information content (AvgIpc) is 2.24. The van der Waals surface area contributed by atoms with E-state index in [0.29, 0.717) is 17.4 Å². The lowest BCUT2D eigenvalue weighted by Crippen LogP contribution is -2.05. The van der Waals surface area contributed by atoms with Crippen molar-refractivity contribution in [3.8, 4) is 0 Å². The van der Waals surface area contributed by atoms with Crippen LogP contribution in [0.4, 0.5) is 0 Å². The molecule has 0 radical (unpaired) electrons. The second-order valence-corrected chi connectivity index (χ2v) is 3.63. The summed E-state index contributed by atoms with van der Waals surface area (Å²) in [6.07, 6.45) is 0.639. The van der Waals surface area contributed by atoms with Gasteiger partial charge < -0.3 is 4.74 Å². The van der Waals surface area contributed by atoms with Gasteiger partial charge in [0.25, 0.3) is 0 Å². The summed E-state index contributed by atoms with van der Waals surface area (Å²) < 4.78 is 4.49. The quantitative estimate of drug-likeness (QED) is 0.608.